The van der Waals surface area contributed by atoms with Crippen molar-refractivity contribution in [2.75, 3.05) is 0 Å². The maximum absolute atomic E-state index is 12.2. The Morgan fingerprint density at radius 3 is 1.83 bits per heavy atom. The van der Waals surface area contributed by atoms with Gasteiger partial charge in [0.25, 0.3) is 0 Å². The highest BCUT2D eigenvalue weighted by Gasteiger charge is 2.48. The van der Waals surface area contributed by atoms with Gasteiger partial charge < -0.3 is 9.54 Å². The van der Waals surface area contributed by atoms with Crippen LogP contribution in [0, 0.1) is 0 Å². The van der Waals surface area contributed by atoms with E-state index in [9.17, 15) is 8.76 Å². The zero-order chi connectivity index (χ0) is 27.7. The minimum Gasteiger partial charge on any atom is -0.354 e. The van der Waals surface area contributed by atoms with Gasteiger partial charge in [0.2, 0.25) is 0 Å². The fraction of sp³-hybridized carbons (Fsp3) is 0.0270. The Hall–Kier alpha value is -4.77. The standard InChI is InChI=1S/C37H25NO2S/c1-2-23-28-16-11-17-29(27-15-6-10-21-34(27)41(39)40)36(28)38-35(23)30-22-37(33-20-9-5-14-26(30)33)31-18-7-3-12-24(31)25-13-4-8-19-32(25)37/h2-22,38H,1H2,(H,39,40). The summed E-state index contributed by atoms with van der Waals surface area (Å²) < 4.78 is 22.3. The number of allylic oxidation sites excluding steroid dienone is 1. The Morgan fingerprint density at radius 1 is 0.659 bits per heavy atom. The third kappa shape index (κ3) is 3.20. The van der Waals surface area contributed by atoms with Crippen molar-refractivity contribution in [3.8, 4) is 22.3 Å². The van der Waals surface area contributed by atoms with Crippen molar-refractivity contribution < 1.29 is 8.76 Å². The highest BCUT2D eigenvalue weighted by Crippen LogP contribution is 2.59. The van der Waals surface area contributed by atoms with Crippen LogP contribution in [0.4, 0.5) is 0 Å². The number of aromatic amines is 1. The van der Waals surface area contributed by atoms with Gasteiger partial charge in [-0.15, -0.1) is 0 Å². The van der Waals surface area contributed by atoms with Crippen LogP contribution in [0.5, 0.6) is 0 Å². The topological polar surface area (TPSA) is 53.1 Å². The van der Waals surface area contributed by atoms with Gasteiger partial charge in [-0.1, -0.05) is 128 Å². The van der Waals surface area contributed by atoms with Gasteiger partial charge in [0.15, 0.2) is 11.1 Å². The normalized spacial score (nSPS) is 14.9. The molecule has 2 N–H and O–H groups in total. The molecule has 6 aromatic rings. The minimum absolute atomic E-state index is 0.389. The zero-order valence-electron chi connectivity index (χ0n) is 22.1. The van der Waals surface area contributed by atoms with Crippen LogP contribution in [0.1, 0.15) is 33.5 Å². The van der Waals surface area contributed by atoms with Crippen LogP contribution in [0.15, 0.2) is 133 Å². The molecule has 41 heavy (non-hydrogen) atoms. The summed E-state index contributed by atoms with van der Waals surface area (Å²) in [6.45, 7) is 4.21. The predicted octanol–water partition coefficient (Wildman–Crippen LogP) is 8.82. The molecule has 8 rings (SSSR count). The van der Waals surface area contributed by atoms with Gasteiger partial charge in [-0.05, 0) is 39.4 Å². The first kappa shape index (κ1) is 24.1. The maximum Gasteiger partial charge on any atom is 0.187 e. The maximum atomic E-state index is 12.2. The first-order chi connectivity index (χ1) is 20.1. The van der Waals surface area contributed by atoms with E-state index < -0.39 is 16.5 Å². The lowest BCUT2D eigenvalue weighted by atomic mass is 9.74. The van der Waals surface area contributed by atoms with E-state index in [0.29, 0.717) is 4.90 Å². The van der Waals surface area contributed by atoms with Gasteiger partial charge in [-0.2, -0.15) is 0 Å². The van der Waals surface area contributed by atoms with E-state index in [0.717, 1.165) is 38.9 Å². The molecule has 5 aromatic carbocycles. The monoisotopic (exact) mass is 547 g/mol. The number of rotatable bonds is 4. The molecular formula is C37H25NO2S. The van der Waals surface area contributed by atoms with E-state index >= 15 is 0 Å². The van der Waals surface area contributed by atoms with Gasteiger partial charge >= 0.3 is 0 Å². The second kappa shape index (κ2) is 8.87. The third-order valence-corrected chi connectivity index (χ3v) is 9.44. The smallest absolute Gasteiger partial charge is 0.187 e. The number of benzene rings is 5. The second-order valence-corrected chi connectivity index (χ2v) is 11.5. The van der Waals surface area contributed by atoms with E-state index in [1.54, 1.807) is 12.1 Å². The van der Waals surface area contributed by atoms with Crippen molar-refractivity contribution in [3.63, 3.8) is 0 Å². The number of hydrogen-bond donors (Lipinski definition) is 2. The largest absolute Gasteiger partial charge is 0.354 e. The molecule has 1 heterocycles. The van der Waals surface area contributed by atoms with Gasteiger partial charge in [0.1, 0.15) is 0 Å². The fourth-order valence-corrected chi connectivity index (χ4v) is 7.65. The van der Waals surface area contributed by atoms with Gasteiger partial charge in [-0.3, -0.25) is 0 Å². The first-order valence-electron chi connectivity index (χ1n) is 13.6. The molecule has 196 valence electrons. The number of hydrogen-bond acceptors (Lipinski definition) is 1. The van der Waals surface area contributed by atoms with E-state index in [4.69, 9.17) is 0 Å². The SMILES string of the molecule is C=Cc1c(C2=CC3(c4ccccc42)c2ccccc2-c2ccccc23)[nH]c2c(-c3ccccc3S(=O)O)cccc12. The zero-order valence-corrected chi connectivity index (χ0v) is 22.9. The Labute approximate surface area is 240 Å². The molecule has 0 aliphatic heterocycles. The molecule has 0 fully saturated rings. The Bertz CT molecular complexity index is 2070. The first-order valence-corrected chi connectivity index (χ1v) is 14.7. The minimum atomic E-state index is -2.11. The summed E-state index contributed by atoms with van der Waals surface area (Å²) in [6, 6.07) is 39.6. The lowest BCUT2D eigenvalue weighted by Crippen LogP contribution is -2.22. The van der Waals surface area contributed by atoms with Crippen LogP contribution in [-0.4, -0.2) is 13.7 Å². The van der Waals surface area contributed by atoms with Crippen LogP contribution in [-0.2, 0) is 16.5 Å². The van der Waals surface area contributed by atoms with Crippen molar-refractivity contribution in [3.05, 3.63) is 161 Å². The quantitative estimate of drug-likeness (QED) is 0.217. The van der Waals surface area contributed by atoms with Gasteiger partial charge in [0.05, 0.1) is 21.5 Å². The molecule has 2 aliphatic carbocycles. The Kier molecular flexibility index (Phi) is 5.20. The second-order valence-electron chi connectivity index (χ2n) is 10.6. The number of fused-ring (bicyclic) bond motifs is 8. The summed E-state index contributed by atoms with van der Waals surface area (Å²) in [7, 11) is 0. The van der Waals surface area contributed by atoms with Gasteiger partial charge in [0, 0.05) is 27.6 Å². The lowest BCUT2D eigenvalue weighted by Gasteiger charge is -2.27. The van der Waals surface area contributed by atoms with Crippen molar-refractivity contribution in [1.29, 1.82) is 0 Å². The van der Waals surface area contributed by atoms with Crippen LogP contribution >= 0.6 is 0 Å². The molecule has 0 amide bonds. The predicted molar refractivity (Wildman–Crippen MR) is 168 cm³/mol. The van der Waals surface area contributed by atoms with Crippen molar-refractivity contribution in [2.24, 2.45) is 0 Å². The van der Waals surface area contributed by atoms with Crippen LogP contribution < -0.4 is 0 Å². The molecule has 0 saturated heterocycles. The molecule has 0 radical (unpaired) electrons. The summed E-state index contributed by atoms with van der Waals surface area (Å²) in [6.07, 6.45) is 4.34. The number of H-pyrrole nitrogens is 1. The highest BCUT2D eigenvalue weighted by atomic mass is 32.2. The molecule has 4 heteroatoms. The molecule has 0 saturated carbocycles. The molecular weight excluding hydrogens is 522 g/mol. The summed E-state index contributed by atoms with van der Waals surface area (Å²) in [5, 5.41) is 1.03. The molecule has 1 unspecified atom stereocenters. The summed E-state index contributed by atoms with van der Waals surface area (Å²) in [5.41, 5.74) is 12.8. The number of nitrogens with one attached hydrogen (secondary N) is 1. The molecule has 1 spiro atoms. The molecule has 1 aromatic heterocycles. The average Bonchev–Trinajstić information content (AvgIpc) is 3.66. The fourth-order valence-electron chi connectivity index (χ4n) is 7.08. The van der Waals surface area contributed by atoms with Gasteiger partial charge in [-0.25, -0.2) is 4.21 Å². The molecule has 1 atom stereocenters. The number of aromatic nitrogens is 1. The van der Waals surface area contributed by atoms with Crippen molar-refractivity contribution >= 4 is 33.6 Å². The molecule has 0 bridgehead atoms. The van der Waals surface area contributed by atoms with E-state index in [1.165, 1.54) is 33.4 Å². The average molecular weight is 548 g/mol. The third-order valence-electron chi connectivity index (χ3n) is 8.71. The molecule has 3 nitrogen and oxygen atoms in total. The highest BCUT2D eigenvalue weighted by molar-refractivity contribution is 7.79. The lowest BCUT2D eigenvalue weighted by molar-refractivity contribution is 0.564. The van der Waals surface area contributed by atoms with Crippen LogP contribution in [0.25, 0.3) is 44.8 Å². The van der Waals surface area contributed by atoms with E-state index in [2.05, 4.69) is 96.5 Å². The van der Waals surface area contributed by atoms with Crippen molar-refractivity contribution in [2.45, 2.75) is 10.3 Å². The van der Waals surface area contributed by atoms with Crippen LogP contribution in [0.3, 0.4) is 0 Å². The number of para-hydroxylation sites is 1. The van der Waals surface area contributed by atoms with E-state index in [-0.39, 0.29) is 0 Å². The van der Waals surface area contributed by atoms with Crippen LogP contribution in [0.2, 0.25) is 0 Å². The summed E-state index contributed by atoms with van der Waals surface area (Å²) in [5.74, 6) is 0. The van der Waals surface area contributed by atoms with E-state index in [1.807, 2.05) is 30.3 Å². The Morgan fingerprint density at radius 2 is 1.20 bits per heavy atom. The van der Waals surface area contributed by atoms with Crippen molar-refractivity contribution in [1.82, 2.24) is 4.98 Å². The Balaban J connectivity index is 1.44. The summed E-state index contributed by atoms with van der Waals surface area (Å²) >= 11 is -2.11. The molecule has 2 aliphatic rings. The summed E-state index contributed by atoms with van der Waals surface area (Å²) in [4.78, 5) is 4.15.